The number of carbonyl (C=O) groups excluding carboxylic acids is 1. The average molecular weight is 499 g/mol. The molecule has 1 aliphatic heterocycles. The zero-order chi connectivity index (χ0) is 26.0. The number of thioether (sulfide) groups is 1. The van der Waals surface area contributed by atoms with Crippen molar-refractivity contribution >= 4 is 29.3 Å². The number of aromatic nitrogens is 2. The van der Waals surface area contributed by atoms with E-state index in [9.17, 15) is 4.79 Å². The van der Waals surface area contributed by atoms with Gasteiger partial charge in [-0.1, -0.05) is 43.1 Å². The number of rotatable bonds is 11. The van der Waals surface area contributed by atoms with Gasteiger partial charge in [0.1, 0.15) is 17.5 Å². The fraction of sp³-hybridized carbons (Fsp3) is 0.423. The van der Waals surface area contributed by atoms with Gasteiger partial charge in [0.15, 0.2) is 0 Å². The van der Waals surface area contributed by atoms with E-state index in [1.807, 2.05) is 46.8 Å². The van der Waals surface area contributed by atoms with Crippen LogP contribution in [0.2, 0.25) is 0 Å². The van der Waals surface area contributed by atoms with Crippen molar-refractivity contribution in [2.75, 3.05) is 49.5 Å². The normalized spacial score (nSPS) is 16.0. The van der Waals surface area contributed by atoms with Gasteiger partial charge in [0.25, 0.3) is 5.91 Å². The van der Waals surface area contributed by atoms with E-state index in [-0.39, 0.29) is 12.5 Å². The van der Waals surface area contributed by atoms with Crippen LogP contribution in [0.15, 0.2) is 64.2 Å². The van der Waals surface area contributed by atoms with E-state index in [1.165, 1.54) is 11.8 Å². The number of aliphatic hydroxyl groups is 1. The average Bonchev–Trinajstić information content (AvgIpc) is 2.85. The summed E-state index contributed by atoms with van der Waals surface area (Å²) in [5.74, 6) is 1.92. The van der Waals surface area contributed by atoms with Crippen LogP contribution < -0.4 is 15.5 Å². The van der Waals surface area contributed by atoms with Crippen molar-refractivity contribution in [2.24, 2.45) is 0 Å². The lowest BCUT2D eigenvalue weighted by molar-refractivity contribution is -0.116. The Morgan fingerprint density at radius 1 is 1.20 bits per heavy atom. The fourth-order valence-corrected chi connectivity index (χ4v) is 4.27. The Morgan fingerprint density at radius 2 is 1.89 bits per heavy atom. The number of nitrogens with one attached hydrogen (secondary N) is 2. The number of nitrogens with zero attached hydrogens (tertiary/aromatic N) is 4. The highest BCUT2D eigenvalue weighted by Gasteiger charge is 2.19. The van der Waals surface area contributed by atoms with Gasteiger partial charge in [0.05, 0.1) is 16.5 Å². The minimum absolute atomic E-state index is 0.174. The molecule has 9 heteroatoms. The standard InChI is InChI=1S/C26H38N6O2S/c1-8-18(4)25(19(5)9-2)30-26(34)22(10-3)35-21(7)29-23-17-24(28-20(6)27-23)32-13-11-31(12-14-32)15-16-33/h8-10,17,33H,1,7,11-16H2,2-6H3,(H,30,34)(H,27,28,29)/b19-9-,22-10-,25-18+. The van der Waals surface area contributed by atoms with E-state index in [1.54, 1.807) is 12.2 Å². The van der Waals surface area contributed by atoms with E-state index in [4.69, 9.17) is 5.11 Å². The molecule has 0 saturated carbocycles. The SMILES string of the molecule is C=C/C(C)=C(NC(=O)/C(=C/C)SC(=C)Nc1cc(N2CCN(CCO)CC2)nc(C)n1)\C(C)=C/C. The maximum atomic E-state index is 13.0. The molecule has 0 unspecified atom stereocenters. The predicted octanol–water partition coefficient (Wildman–Crippen LogP) is 3.96. The third kappa shape index (κ3) is 8.38. The summed E-state index contributed by atoms with van der Waals surface area (Å²) in [5, 5.41) is 16.0. The molecule has 1 aromatic heterocycles. The monoisotopic (exact) mass is 498 g/mol. The second-order valence-corrected chi connectivity index (χ2v) is 9.34. The number of allylic oxidation sites excluding steroid dienone is 5. The Morgan fingerprint density at radius 3 is 2.46 bits per heavy atom. The molecule has 35 heavy (non-hydrogen) atoms. The lowest BCUT2D eigenvalue weighted by Crippen LogP contribution is -2.47. The maximum Gasteiger partial charge on any atom is 0.262 e. The minimum Gasteiger partial charge on any atom is -0.395 e. The molecular weight excluding hydrogens is 460 g/mol. The zero-order valence-corrected chi connectivity index (χ0v) is 22.3. The second kappa shape index (κ2) is 13.9. The number of aliphatic hydroxyl groups excluding tert-OH is 1. The van der Waals surface area contributed by atoms with Crippen LogP contribution in [-0.4, -0.2) is 65.2 Å². The molecule has 1 amide bonds. The van der Waals surface area contributed by atoms with Crippen LogP contribution in [0.3, 0.4) is 0 Å². The van der Waals surface area contributed by atoms with Crippen molar-refractivity contribution in [1.82, 2.24) is 20.2 Å². The van der Waals surface area contributed by atoms with Crippen molar-refractivity contribution in [2.45, 2.75) is 34.6 Å². The van der Waals surface area contributed by atoms with Crippen molar-refractivity contribution in [1.29, 1.82) is 0 Å². The number of hydrogen-bond acceptors (Lipinski definition) is 8. The number of anilines is 2. The molecule has 0 aliphatic carbocycles. The van der Waals surface area contributed by atoms with Crippen LogP contribution in [0.1, 0.15) is 33.5 Å². The van der Waals surface area contributed by atoms with E-state index >= 15 is 0 Å². The number of β-amino-alcohol motifs (C(OH)–C–C–N with tert-alkyl or cyclic N) is 1. The quantitative estimate of drug-likeness (QED) is 0.312. The summed E-state index contributed by atoms with van der Waals surface area (Å²) >= 11 is 1.25. The first-order chi connectivity index (χ1) is 16.7. The number of aryl methyl sites for hydroxylation is 1. The van der Waals surface area contributed by atoms with E-state index in [0.717, 1.165) is 48.8 Å². The highest BCUT2D eigenvalue weighted by Crippen LogP contribution is 2.27. The Labute approximate surface area is 213 Å². The lowest BCUT2D eigenvalue weighted by atomic mass is 10.1. The van der Waals surface area contributed by atoms with Gasteiger partial charge in [0.2, 0.25) is 0 Å². The molecule has 3 N–H and O–H groups in total. The maximum absolute atomic E-state index is 13.0. The predicted molar refractivity (Wildman–Crippen MR) is 147 cm³/mol. The third-order valence-electron chi connectivity index (χ3n) is 5.69. The Balaban J connectivity index is 2.07. The highest BCUT2D eigenvalue weighted by molar-refractivity contribution is 8.07. The molecule has 1 aliphatic rings. The topological polar surface area (TPSA) is 93.6 Å². The molecule has 2 rings (SSSR count). The van der Waals surface area contributed by atoms with Gasteiger partial charge in [-0.05, 0) is 45.8 Å². The van der Waals surface area contributed by atoms with Crippen LogP contribution >= 0.6 is 11.8 Å². The molecular formula is C26H38N6O2S. The first-order valence-corrected chi connectivity index (χ1v) is 12.6. The first-order valence-electron chi connectivity index (χ1n) is 11.7. The number of amides is 1. The van der Waals surface area contributed by atoms with Crippen LogP contribution in [0.5, 0.6) is 0 Å². The summed E-state index contributed by atoms with van der Waals surface area (Å²) in [6.07, 6.45) is 5.45. The molecule has 1 aromatic rings. The molecule has 0 bridgehead atoms. The van der Waals surface area contributed by atoms with Gasteiger partial charge in [-0.2, -0.15) is 0 Å². The van der Waals surface area contributed by atoms with Crippen molar-refractivity contribution in [3.63, 3.8) is 0 Å². The first kappa shape index (κ1) is 28.4. The summed E-state index contributed by atoms with van der Waals surface area (Å²) in [6.45, 7) is 21.7. The lowest BCUT2D eigenvalue weighted by Gasteiger charge is -2.35. The van der Waals surface area contributed by atoms with Crippen molar-refractivity contribution in [3.05, 3.63) is 70.1 Å². The molecule has 2 heterocycles. The van der Waals surface area contributed by atoms with Gasteiger partial charge >= 0.3 is 0 Å². The Kier molecular flexibility index (Phi) is 11.2. The summed E-state index contributed by atoms with van der Waals surface area (Å²) in [5.41, 5.74) is 2.61. The molecule has 0 radical (unpaired) electrons. The smallest absolute Gasteiger partial charge is 0.262 e. The fourth-order valence-electron chi connectivity index (χ4n) is 3.59. The summed E-state index contributed by atoms with van der Waals surface area (Å²) in [4.78, 5) is 27.1. The molecule has 1 fully saturated rings. The van der Waals surface area contributed by atoms with Crippen LogP contribution in [0.25, 0.3) is 0 Å². The Bertz CT molecular complexity index is 1020. The highest BCUT2D eigenvalue weighted by atomic mass is 32.2. The molecule has 0 atom stereocenters. The largest absolute Gasteiger partial charge is 0.395 e. The van der Waals surface area contributed by atoms with Gasteiger partial charge in [-0.3, -0.25) is 9.69 Å². The zero-order valence-electron chi connectivity index (χ0n) is 21.5. The molecule has 0 aromatic carbocycles. The number of piperazine rings is 1. The van der Waals surface area contributed by atoms with E-state index in [0.29, 0.717) is 28.1 Å². The summed E-state index contributed by atoms with van der Waals surface area (Å²) in [7, 11) is 0. The van der Waals surface area contributed by atoms with Gasteiger partial charge in [-0.25, -0.2) is 9.97 Å². The van der Waals surface area contributed by atoms with Crippen molar-refractivity contribution < 1.29 is 9.90 Å². The van der Waals surface area contributed by atoms with Gasteiger partial charge in [-0.15, -0.1) is 0 Å². The van der Waals surface area contributed by atoms with E-state index in [2.05, 4.69) is 43.6 Å². The number of carbonyl (C=O) groups is 1. The van der Waals surface area contributed by atoms with E-state index < -0.39 is 0 Å². The van der Waals surface area contributed by atoms with Gasteiger partial charge in [0, 0.05) is 44.5 Å². The molecule has 0 spiro atoms. The van der Waals surface area contributed by atoms with Crippen LogP contribution in [-0.2, 0) is 4.79 Å². The number of hydrogen-bond donors (Lipinski definition) is 3. The van der Waals surface area contributed by atoms with Gasteiger partial charge < -0.3 is 20.6 Å². The third-order valence-corrected chi connectivity index (χ3v) is 6.68. The Hall–Kier alpha value is -2.88. The summed E-state index contributed by atoms with van der Waals surface area (Å²) < 4.78 is 0. The molecule has 8 nitrogen and oxygen atoms in total. The van der Waals surface area contributed by atoms with Crippen LogP contribution in [0.4, 0.5) is 11.6 Å². The molecule has 190 valence electrons. The van der Waals surface area contributed by atoms with Crippen LogP contribution in [0, 0.1) is 6.92 Å². The minimum atomic E-state index is -0.210. The van der Waals surface area contributed by atoms with Crippen molar-refractivity contribution in [3.8, 4) is 0 Å². The molecule has 1 saturated heterocycles. The second-order valence-electron chi connectivity index (χ2n) is 8.20. The summed E-state index contributed by atoms with van der Waals surface area (Å²) in [6, 6.07) is 1.90.